The summed E-state index contributed by atoms with van der Waals surface area (Å²) >= 11 is 0. The van der Waals surface area contributed by atoms with Crippen LogP contribution in [0, 0.1) is 0 Å². The largest absolute Gasteiger partial charge is 0.363 e. The normalized spacial score (nSPS) is 12.1. The number of aromatic amines is 1. The minimum absolute atomic E-state index is 0.238. The summed E-state index contributed by atoms with van der Waals surface area (Å²) in [6.07, 6.45) is 4.73. The fourth-order valence-electron chi connectivity index (χ4n) is 1.72. The zero-order chi connectivity index (χ0) is 15.3. The molecule has 2 aromatic heterocycles. The predicted octanol–water partition coefficient (Wildman–Crippen LogP) is 0.0827. The van der Waals surface area contributed by atoms with E-state index >= 15 is 0 Å². The highest BCUT2D eigenvalue weighted by atomic mass is 32.2. The molecule has 0 aliphatic carbocycles. The van der Waals surface area contributed by atoms with Crippen molar-refractivity contribution in [2.75, 3.05) is 6.54 Å². The zero-order valence-corrected chi connectivity index (χ0v) is 12.9. The van der Waals surface area contributed by atoms with Gasteiger partial charge in [0.15, 0.2) is 0 Å². The summed E-state index contributed by atoms with van der Waals surface area (Å²) in [4.78, 5) is 3.20. The highest BCUT2D eigenvalue weighted by Crippen LogP contribution is 2.10. The summed E-state index contributed by atoms with van der Waals surface area (Å²) in [5.74, 6) is 0. The third-order valence-corrected chi connectivity index (χ3v) is 4.27. The summed E-state index contributed by atoms with van der Waals surface area (Å²) in [5.41, 5.74) is 0.834. The summed E-state index contributed by atoms with van der Waals surface area (Å²) < 4.78 is 28.3. The molecule has 3 N–H and O–H groups in total. The summed E-state index contributed by atoms with van der Waals surface area (Å²) in [6.45, 7) is 5.37. The molecule has 0 bridgehead atoms. The average Bonchev–Trinajstić information content (AvgIpc) is 3.07. The van der Waals surface area contributed by atoms with Crippen LogP contribution in [0.15, 0.2) is 29.6 Å². The van der Waals surface area contributed by atoms with Gasteiger partial charge in [0, 0.05) is 37.2 Å². The molecule has 21 heavy (non-hydrogen) atoms. The summed E-state index contributed by atoms with van der Waals surface area (Å²) in [5, 5.41) is 10.7. The standard InChI is InChI=1S/C12H20N6O2S/c1-10(2)13-8-11-7-12(9-14-11)21(19,20)16-4-6-18-5-3-15-17-18/h3,5,7,9-10,13-14,16H,4,6,8H2,1-2H3. The first-order valence-corrected chi connectivity index (χ1v) is 8.20. The fourth-order valence-corrected chi connectivity index (χ4v) is 2.76. The Morgan fingerprint density at radius 1 is 1.43 bits per heavy atom. The maximum absolute atomic E-state index is 12.1. The smallest absolute Gasteiger partial charge is 0.242 e. The van der Waals surface area contributed by atoms with Crippen molar-refractivity contribution in [3.05, 3.63) is 30.4 Å². The first-order valence-electron chi connectivity index (χ1n) is 6.72. The van der Waals surface area contributed by atoms with Gasteiger partial charge < -0.3 is 10.3 Å². The number of rotatable bonds is 8. The van der Waals surface area contributed by atoms with Crippen LogP contribution in [0.1, 0.15) is 19.5 Å². The van der Waals surface area contributed by atoms with Gasteiger partial charge in [-0.05, 0) is 6.07 Å². The third-order valence-electron chi connectivity index (χ3n) is 2.83. The van der Waals surface area contributed by atoms with E-state index in [9.17, 15) is 8.42 Å². The number of nitrogens with zero attached hydrogens (tertiary/aromatic N) is 3. The van der Waals surface area contributed by atoms with Gasteiger partial charge >= 0.3 is 0 Å². The van der Waals surface area contributed by atoms with E-state index in [1.807, 2.05) is 13.8 Å². The van der Waals surface area contributed by atoms with E-state index in [0.29, 0.717) is 19.1 Å². The number of hydrogen-bond donors (Lipinski definition) is 3. The van der Waals surface area contributed by atoms with Gasteiger partial charge in [-0.1, -0.05) is 19.1 Å². The van der Waals surface area contributed by atoms with Crippen molar-refractivity contribution < 1.29 is 8.42 Å². The minimum Gasteiger partial charge on any atom is -0.363 e. The van der Waals surface area contributed by atoms with Crippen LogP contribution in [0.3, 0.4) is 0 Å². The van der Waals surface area contributed by atoms with E-state index in [-0.39, 0.29) is 11.4 Å². The van der Waals surface area contributed by atoms with Crippen molar-refractivity contribution in [3.8, 4) is 0 Å². The molecule has 0 aliphatic rings. The topological polar surface area (TPSA) is 105 Å². The molecule has 8 nitrogen and oxygen atoms in total. The van der Waals surface area contributed by atoms with Crippen LogP contribution in [0.25, 0.3) is 0 Å². The Balaban J connectivity index is 1.89. The Kier molecular flexibility index (Phi) is 5.10. The van der Waals surface area contributed by atoms with E-state index < -0.39 is 10.0 Å². The lowest BCUT2D eigenvalue weighted by molar-refractivity contribution is 0.553. The molecule has 0 amide bonds. The quantitative estimate of drug-likeness (QED) is 0.640. The van der Waals surface area contributed by atoms with Gasteiger partial charge in [0.05, 0.1) is 17.6 Å². The molecule has 0 aromatic carbocycles. The van der Waals surface area contributed by atoms with Crippen LogP contribution in [0.5, 0.6) is 0 Å². The van der Waals surface area contributed by atoms with Crippen LogP contribution in [-0.4, -0.2) is 41.0 Å². The van der Waals surface area contributed by atoms with Gasteiger partial charge in [-0.2, -0.15) is 0 Å². The molecule has 2 aromatic rings. The second kappa shape index (κ2) is 6.83. The lowest BCUT2D eigenvalue weighted by Crippen LogP contribution is -2.27. The molecular formula is C12H20N6O2S. The molecule has 116 valence electrons. The first kappa shape index (κ1) is 15.7. The third kappa shape index (κ3) is 4.66. The maximum Gasteiger partial charge on any atom is 0.242 e. The molecule has 0 unspecified atom stereocenters. The number of hydrogen-bond acceptors (Lipinski definition) is 5. The molecule has 0 saturated carbocycles. The van der Waals surface area contributed by atoms with Crippen LogP contribution in [0.2, 0.25) is 0 Å². The minimum atomic E-state index is -3.50. The van der Waals surface area contributed by atoms with E-state index in [0.717, 1.165) is 5.69 Å². The molecule has 9 heteroatoms. The Bertz CT molecular complexity index is 647. The van der Waals surface area contributed by atoms with Gasteiger partial charge in [-0.25, -0.2) is 13.1 Å². The summed E-state index contributed by atoms with van der Waals surface area (Å²) in [7, 11) is -3.50. The number of H-pyrrole nitrogens is 1. The van der Waals surface area contributed by atoms with Crippen molar-refractivity contribution >= 4 is 10.0 Å². The molecule has 0 spiro atoms. The molecule has 0 fully saturated rings. The average molecular weight is 312 g/mol. The van der Waals surface area contributed by atoms with Crippen LogP contribution >= 0.6 is 0 Å². The SMILES string of the molecule is CC(C)NCc1cc(S(=O)(=O)NCCn2ccnn2)c[nH]1. The first-order chi connectivity index (χ1) is 9.97. The van der Waals surface area contributed by atoms with Gasteiger partial charge in [0.2, 0.25) is 10.0 Å². The van der Waals surface area contributed by atoms with Gasteiger partial charge in [-0.3, -0.25) is 4.68 Å². The van der Waals surface area contributed by atoms with Crippen LogP contribution < -0.4 is 10.0 Å². The lowest BCUT2D eigenvalue weighted by atomic mass is 10.3. The molecule has 0 saturated heterocycles. The van der Waals surface area contributed by atoms with Gasteiger partial charge in [-0.15, -0.1) is 5.10 Å². The zero-order valence-electron chi connectivity index (χ0n) is 12.1. The Morgan fingerprint density at radius 3 is 2.90 bits per heavy atom. The second-order valence-electron chi connectivity index (χ2n) is 4.96. The van der Waals surface area contributed by atoms with Crippen molar-refractivity contribution in [3.63, 3.8) is 0 Å². The van der Waals surface area contributed by atoms with E-state index in [2.05, 4.69) is 25.3 Å². The number of aromatic nitrogens is 4. The Morgan fingerprint density at radius 2 is 2.24 bits per heavy atom. The predicted molar refractivity (Wildman–Crippen MR) is 78.0 cm³/mol. The summed E-state index contributed by atoms with van der Waals surface area (Å²) in [6, 6.07) is 1.97. The highest BCUT2D eigenvalue weighted by molar-refractivity contribution is 7.89. The molecule has 2 heterocycles. The molecular weight excluding hydrogens is 292 g/mol. The van der Waals surface area contributed by atoms with Crippen LogP contribution in [-0.2, 0) is 23.1 Å². The number of sulfonamides is 1. The number of nitrogens with one attached hydrogen (secondary N) is 3. The highest BCUT2D eigenvalue weighted by Gasteiger charge is 2.15. The Hall–Kier alpha value is -1.71. The van der Waals surface area contributed by atoms with Crippen molar-refractivity contribution in [2.45, 2.75) is 37.9 Å². The maximum atomic E-state index is 12.1. The molecule has 0 radical (unpaired) electrons. The van der Waals surface area contributed by atoms with E-state index in [4.69, 9.17) is 0 Å². The molecule has 2 rings (SSSR count). The molecule has 0 atom stereocenters. The van der Waals surface area contributed by atoms with E-state index in [1.165, 1.54) is 6.20 Å². The Labute approximate surface area is 124 Å². The monoisotopic (exact) mass is 312 g/mol. The van der Waals surface area contributed by atoms with Crippen molar-refractivity contribution in [1.29, 1.82) is 0 Å². The van der Waals surface area contributed by atoms with Gasteiger partial charge in [0.1, 0.15) is 0 Å². The van der Waals surface area contributed by atoms with Crippen molar-refractivity contribution in [2.24, 2.45) is 0 Å². The van der Waals surface area contributed by atoms with Gasteiger partial charge in [0.25, 0.3) is 0 Å². The van der Waals surface area contributed by atoms with Crippen LogP contribution in [0.4, 0.5) is 0 Å². The second-order valence-corrected chi connectivity index (χ2v) is 6.73. The van der Waals surface area contributed by atoms with Crippen molar-refractivity contribution in [1.82, 2.24) is 30.0 Å². The lowest BCUT2D eigenvalue weighted by Gasteiger charge is -2.06. The van der Waals surface area contributed by atoms with E-state index in [1.54, 1.807) is 23.1 Å². The molecule has 0 aliphatic heterocycles. The fraction of sp³-hybridized carbons (Fsp3) is 0.500.